The molecule has 0 radical (unpaired) electrons. The number of unbranched alkanes of at least 4 members (excludes halogenated alkanes) is 1. The van der Waals surface area contributed by atoms with Gasteiger partial charge in [-0.05, 0) is 54.4 Å². The maximum atomic E-state index is 13.5. The molecule has 2 aromatic carbocycles. The average molecular weight is 452 g/mol. The van der Waals surface area contributed by atoms with Crippen molar-refractivity contribution in [3.63, 3.8) is 0 Å². The number of fused-ring (bicyclic) bond motifs is 1. The van der Waals surface area contributed by atoms with Gasteiger partial charge in [0, 0.05) is 18.0 Å². The lowest BCUT2D eigenvalue weighted by atomic mass is 10.2. The van der Waals surface area contributed by atoms with Gasteiger partial charge in [-0.15, -0.1) is 0 Å². The minimum absolute atomic E-state index is 0.140. The van der Waals surface area contributed by atoms with E-state index in [0.29, 0.717) is 34.4 Å². The van der Waals surface area contributed by atoms with Gasteiger partial charge in [0.05, 0.1) is 22.9 Å². The van der Waals surface area contributed by atoms with Crippen molar-refractivity contribution in [3.8, 4) is 5.75 Å². The van der Waals surface area contributed by atoms with Gasteiger partial charge in [-0.2, -0.15) is 0 Å². The second-order valence-electron chi connectivity index (χ2n) is 7.06. The third-order valence-corrected chi connectivity index (χ3v) is 6.11. The Morgan fingerprint density at radius 2 is 1.97 bits per heavy atom. The number of nitrogens with zero attached hydrogens (tertiary/aromatic N) is 3. The number of halogens is 1. The maximum absolute atomic E-state index is 13.5. The van der Waals surface area contributed by atoms with Crippen molar-refractivity contribution in [2.45, 2.75) is 26.3 Å². The van der Waals surface area contributed by atoms with Crippen LogP contribution in [-0.2, 0) is 6.54 Å². The fourth-order valence-corrected chi connectivity index (χ4v) is 4.37. The van der Waals surface area contributed by atoms with Gasteiger partial charge in [0.25, 0.3) is 5.91 Å². The van der Waals surface area contributed by atoms with E-state index in [1.54, 1.807) is 35.5 Å². The molecule has 158 valence electrons. The van der Waals surface area contributed by atoms with Crippen molar-refractivity contribution < 1.29 is 9.53 Å². The minimum atomic E-state index is -0.140. The normalized spacial score (nSPS) is 10.9. The molecule has 0 spiro atoms. The van der Waals surface area contributed by atoms with Crippen molar-refractivity contribution in [2.75, 3.05) is 11.5 Å². The first-order valence-corrected chi connectivity index (χ1v) is 11.3. The molecule has 0 fully saturated rings. The molecule has 0 N–H and O–H groups in total. The number of pyridine rings is 1. The third kappa shape index (κ3) is 5.03. The summed E-state index contributed by atoms with van der Waals surface area (Å²) in [7, 11) is 0. The number of rotatable bonds is 8. The Balaban J connectivity index is 1.64. The number of hydrogen-bond donors (Lipinski definition) is 0. The lowest BCUT2D eigenvalue weighted by Crippen LogP contribution is -2.30. The number of para-hydroxylation sites is 1. The van der Waals surface area contributed by atoms with E-state index in [0.717, 1.165) is 28.9 Å². The molecule has 4 aromatic rings. The van der Waals surface area contributed by atoms with Crippen molar-refractivity contribution >= 4 is 44.2 Å². The summed E-state index contributed by atoms with van der Waals surface area (Å²) in [6, 6.07) is 16.7. The van der Waals surface area contributed by atoms with Crippen LogP contribution in [0, 0.1) is 0 Å². The van der Waals surface area contributed by atoms with Crippen LogP contribution < -0.4 is 9.64 Å². The smallest absolute Gasteiger partial charge is 0.260 e. The number of benzene rings is 2. The first-order valence-electron chi connectivity index (χ1n) is 10.1. The van der Waals surface area contributed by atoms with Crippen LogP contribution in [0.25, 0.3) is 10.2 Å². The van der Waals surface area contributed by atoms with Crippen LogP contribution in [0.5, 0.6) is 5.75 Å². The lowest BCUT2D eigenvalue weighted by Gasteiger charge is -2.20. The van der Waals surface area contributed by atoms with Gasteiger partial charge < -0.3 is 4.74 Å². The van der Waals surface area contributed by atoms with Gasteiger partial charge in [0.2, 0.25) is 0 Å². The minimum Gasteiger partial charge on any atom is -0.494 e. The molecule has 0 saturated carbocycles. The van der Waals surface area contributed by atoms with Crippen molar-refractivity contribution in [1.29, 1.82) is 0 Å². The highest BCUT2D eigenvalue weighted by atomic mass is 35.5. The highest BCUT2D eigenvalue weighted by Crippen LogP contribution is 2.34. The molecule has 0 aliphatic rings. The Morgan fingerprint density at radius 3 is 2.68 bits per heavy atom. The van der Waals surface area contributed by atoms with E-state index in [4.69, 9.17) is 16.3 Å². The largest absolute Gasteiger partial charge is 0.494 e. The van der Waals surface area contributed by atoms with Gasteiger partial charge in [-0.3, -0.25) is 14.7 Å². The van der Waals surface area contributed by atoms with Crippen molar-refractivity contribution in [2.24, 2.45) is 0 Å². The molecule has 0 bridgehead atoms. The first kappa shape index (κ1) is 21.3. The number of thiazole rings is 1. The van der Waals surface area contributed by atoms with Crippen LogP contribution in [0.1, 0.15) is 35.7 Å². The van der Waals surface area contributed by atoms with Crippen LogP contribution in [-0.4, -0.2) is 22.5 Å². The van der Waals surface area contributed by atoms with Gasteiger partial charge in [-0.25, -0.2) is 4.98 Å². The predicted octanol–water partition coefficient (Wildman–Crippen LogP) is 6.37. The van der Waals surface area contributed by atoms with Crippen molar-refractivity contribution in [1.82, 2.24) is 9.97 Å². The summed E-state index contributed by atoms with van der Waals surface area (Å²) in [6.45, 7) is 3.15. The molecule has 0 unspecified atom stereocenters. The summed E-state index contributed by atoms with van der Waals surface area (Å²) >= 11 is 7.76. The van der Waals surface area contributed by atoms with Gasteiger partial charge in [-0.1, -0.05) is 48.4 Å². The molecule has 0 aliphatic carbocycles. The Morgan fingerprint density at radius 1 is 1.13 bits per heavy atom. The molecule has 2 heterocycles. The number of ether oxygens (including phenoxy) is 1. The zero-order valence-electron chi connectivity index (χ0n) is 17.1. The van der Waals surface area contributed by atoms with Crippen molar-refractivity contribution in [3.05, 3.63) is 83.1 Å². The zero-order chi connectivity index (χ0) is 21.6. The Kier molecular flexibility index (Phi) is 6.79. The number of hydrogen-bond acceptors (Lipinski definition) is 5. The van der Waals surface area contributed by atoms with E-state index in [2.05, 4.69) is 16.9 Å². The highest BCUT2D eigenvalue weighted by Gasteiger charge is 2.22. The first-order chi connectivity index (χ1) is 15.2. The quantitative estimate of drug-likeness (QED) is 0.292. The van der Waals surface area contributed by atoms with E-state index >= 15 is 0 Å². The number of carbonyl (C=O) groups excluding carboxylic acids is 1. The summed E-state index contributed by atoms with van der Waals surface area (Å²) < 4.78 is 6.65. The van der Waals surface area contributed by atoms with Gasteiger partial charge >= 0.3 is 0 Å². The molecule has 4 rings (SSSR count). The van der Waals surface area contributed by atoms with E-state index in [1.165, 1.54) is 11.3 Å². The summed E-state index contributed by atoms with van der Waals surface area (Å²) in [5.74, 6) is 0.620. The molecular formula is C24H22ClN3O2S. The van der Waals surface area contributed by atoms with Gasteiger partial charge in [0.1, 0.15) is 11.3 Å². The monoisotopic (exact) mass is 451 g/mol. The summed E-state index contributed by atoms with van der Waals surface area (Å²) in [6.07, 6.45) is 5.54. The number of aromatic nitrogens is 2. The second-order valence-corrected chi connectivity index (χ2v) is 8.48. The fourth-order valence-electron chi connectivity index (χ4n) is 3.10. The molecule has 0 aliphatic heterocycles. The predicted molar refractivity (Wildman–Crippen MR) is 126 cm³/mol. The number of anilines is 1. The highest BCUT2D eigenvalue weighted by molar-refractivity contribution is 7.22. The third-order valence-electron chi connectivity index (χ3n) is 4.77. The molecule has 0 atom stereocenters. The van der Waals surface area contributed by atoms with Crippen LogP contribution >= 0.6 is 22.9 Å². The standard InChI is InChI=1S/C24H22ClN3O2S/c1-2-3-14-30-19-11-9-18(10-12-19)23(29)28(16-17-6-5-13-26-15-17)24-27-22-20(25)7-4-8-21(22)31-24/h4-13,15H,2-3,14,16H2,1H3. The van der Waals surface area contributed by atoms with E-state index in [-0.39, 0.29) is 5.91 Å². The van der Waals surface area contributed by atoms with Crippen LogP contribution in [0.3, 0.4) is 0 Å². The summed E-state index contributed by atoms with van der Waals surface area (Å²) in [5, 5.41) is 1.17. The maximum Gasteiger partial charge on any atom is 0.260 e. The average Bonchev–Trinajstić information content (AvgIpc) is 3.24. The van der Waals surface area contributed by atoms with E-state index in [9.17, 15) is 4.79 Å². The SMILES string of the molecule is CCCCOc1ccc(C(=O)N(Cc2cccnc2)c2nc3c(Cl)cccc3s2)cc1. The molecule has 31 heavy (non-hydrogen) atoms. The Hall–Kier alpha value is -2.96. The van der Waals surface area contributed by atoms with Crippen LogP contribution in [0.2, 0.25) is 5.02 Å². The van der Waals surface area contributed by atoms with E-state index < -0.39 is 0 Å². The molecular weight excluding hydrogens is 430 g/mol. The summed E-state index contributed by atoms with van der Waals surface area (Å²) in [4.78, 5) is 24.0. The molecule has 2 aromatic heterocycles. The molecule has 5 nitrogen and oxygen atoms in total. The molecule has 0 saturated heterocycles. The Labute approximate surface area is 190 Å². The topological polar surface area (TPSA) is 55.3 Å². The van der Waals surface area contributed by atoms with Gasteiger partial charge in [0.15, 0.2) is 5.13 Å². The number of carbonyl (C=O) groups is 1. The number of amides is 1. The van der Waals surface area contributed by atoms with E-state index in [1.807, 2.05) is 36.4 Å². The van der Waals surface area contributed by atoms with Crippen LogP contribution in [0.15, 0.2) is 67.0 Å². The molecule has 7 heteroatoms. The Bertz CT molecular complexity index is 1160. The molecule has 1 amide bonds. The summed E-state index contributed by atoms with van der Waals surface area (Å²) in [5.41, 5.74) is 2.19. The second kappa shape index (κ2) is 9.90. The lowest BCUT2D eigenvalue weighted by molar-refractivity contribution is 0.0985. The van der Waals surface area contributed by atoms with Crippen LogP contribution in [0.4, 0.5) is 5.13 Å². The zero-order valence-corrected chi connectivity index (χ0v) is 18.7. The fraction of sp³-hybridized carbons (Fsp3) is 0.208.